The van der Waals surface area contributed by atoms with Crippen LogP contribution in [0, 0.1) is 0 Å². The van der Waals surface area contributed by atoms with Gasteiger partial charge in [-0.1, -0.05) is 6.07 Å². The summed E-state index contributed by atoms with van der Waals surface area (Å²) in [5, 5.41) is 1.16. The van der Waals surface area contributed by atoms with E-state index in [1.165, 1.54) is 5.52 Å². The number of aromatic nitrogens is 1. The largest absolute Gasteiger partial charge is 0.496 e. The minimum Gasteiger partial charge on any atom is -0.496 e. The minimum absolute atomic E-state index is 0.656. The maximum absolute atomic E-state index is 5.47. The fourth-order valence-electron chi connectivity index (χ4n) is 2.15. The van der Waals surface area contributed by atoms with E-state index < -0.39 is 0 Å². The van der Waals surface area contributed by atoms with Crippen molar-refractivity contribution >= 4 is 10.9 Å². The second-order valence-electron chi connectivity index (χ2n) is 4.36. The molecule has 1 heterocycles. The average molecular weight is 263 g/mol. The van der Waals surface area contributed by atoms with Crippen LogP contribution in [0.5, 0.6) is 5.75 Å². The van der Waals surface area contributed by atoms with Crippen molar-refractivity contribution in [2.24, 2.45) is 0 Å². The van der Waals surface area contributed by atoms with Gasteiger partial charge in [0.15, 0.2) is 0 Å². The van der Waals surface area contributed by atoms with Gasteiger partial charge in [-0.15, -0.1) is 0 Å². The van der Waals surface area contributed by atoms with E-state index in [0.29, 0.717) is 13.2 Å². The van der Waals surface area contributed by atoms with Crippen LogP contribution in [0.2, 0.25) is 0 Å². The van der Waals surface area contributed by atoms with Crippen molar-refractivity contribution in [2.75, 3.05) is 34.0 Å². The number of hydrogen-bond donors (Lipinski definition) is 0. The van der Waals surface area contributed by atoms with Gasteiger partial charge < -0.3 is 18.8 Å². The van der Waals surface area contributed by atoms with Crippen molar-refractivity contribution in [3.8, 4) is 5.75 Å². The molecule has 1 aromatic carbocycles. The molecule has 2 aromatic rings. The number of aryl methyl sites for hydroxylation is 1. The van der Waals surface area contributed by atoms with Crippen LogP contribution in [-0.2, 0) is 16.0 Å². The Hall–Kier alpha value is -1.52. The molecule has 1 aromatic heterocycles. The van der Waals surface area contributed by atoms with E-state index in [1.807, 2.05) is 12.1 Å². The van der Waals surface area contributed by atoms with Crippen LogP contribution in [0.25, 0.3) is 10.9 Å². The van der Waals surface area contributed by atoms with Crippen LogP contribution in [-0.4, -0.2) is 38.6 Å². The van der Waals surface area contributed by atoms with E-state index in [4.69, 9.17) is 14.2 Å². The monoisotopic (exact) mass is 263 g/mol. The molecule has 0 aliphatic rings. The molecule has 0 aliphatic heterocycles. The Morgan fingerprint density at radius 1 is 1.05 bits per heavy atom. The molecule has 0 unspecified atom stereocenters. The van der Waals surface area contributed by atoms with Gasteiger partial charge >= 0.3 is 0 Å². The Labute approximate surface area is 113 Å². The zero-order valence-electron chi connectivity index (χ0n) is 11.6. The van der Waals surface area contributed by atoms with Gasteiger partial charge in [-0.3, -0.25) is 0 Å². The summed E-state index contributed by atoms with van der Waals surface area (Å²) < 4.78 is 18.0. The third-order valence-corrected chi connectivity index (χ3v) is 3.11. The lowest BCUT2D eigenvalue weighted by Crippen LogP contribution is -2.05. The minimum atomic E-state index is 0.656. The first-order chi connectivity index (χ1) is 9.36. The molecule has 0 radical (unpaired) electrons. The molecule has 0 amide bonds. The summed E-state index contributed by atoms with van der Waals surface area (Å²) in [7, 11) is 3.39. The van der Waals surface area contributed by atoms with Crippen LogP contribution in [0.3, 0.4) is 0 Å². The lowest BCUT2D eigenvalue weighted by molar-refractivity contribution is 0.0681. The van der Waals surface area contributed by atoms with Crippen molar-refractivity contribution in [1.29, 1.82) is 0 Å². The van der Waals surface area contributed by atoms with E-state index in [-0.39, 0.29) is 0 Å². The van der Waals surface area contributed by atoms with E-state index in [9.17, 15) is 0 Å². The maximum atomic E-state index is 5.47. The lowest BCUT2D eigenvalue weighted by atomic mass is 10.2. The van der Waals surface area contributed by atoms with Crippen LogP contribution < -0.4 is 4.74 Å². The molecule has 0 N–H and O–H groups in total. The summed E-state index contributed by atoms with van der Waals surface area (Å²) in [5.41, 5.74) is 1.20. The fourth-order valence-corrected chi connectivity index (χ4v) is 2.15. The Morgan fingerprint density at radius 3 is 2.74 bits per heavy atom. The van der Waals surface area contributed by atoms with Crippen LogP contribution >= 0.6 is 0 Å². The standard InChI is InChI=1S/C15H21NO3/c1-17-11-12-19-10-4-8-16-9-7-13-14(16)5-3-6-15(13)18-2/h3,5-7,9H,4,8,10-12H2,1-2H3. The van der Waals surface area contributed by atoms with Crippen LogP contribution in [0.4, 0.5) is 0 Å². The Kier molecular flexibility index (Phi) is 5.24. The third-order valence-electron chi connectivity index (χ3n) is 3.11. The molecule has 4 nitrogen and oxygen atoms in total. The second-order valence-corrected chi connectivity index (χ2v) is 4.36. The van der Waals surface area contributed by atoms with Gasteiger partial charge in [0, 0.05) is 31.8 Å². The third kappa shape index (κ3) is 3.49. The van der Waals surface area contributed by atoms with Gasteiger partial charge in [-0.2, -0.15) is 0 Å². The number of benzene rings is 1. The van der Waals surface area contributed by atoms with Gasteiger partial charge in [0.05, 0.1) is 25.8 Å². The molecule has 0 bridgehead atoms. The number of ether oxygens (including phenoxy) is 3. The van der Waals surface area contributed by atoms with Crippen LogP contribution in [0.1, 0.15) is 6.42 Å². The first-order valence-electron chi connectivity index (χ1n) is 6.55. The molecule has 19 heavy (non-hydrogen) atoms. The van der Waals surface area contributed by atoms with Crippen molar-refractivity contribution in [1.82, 2.24) is 4.57 Å². The van der Waals surface area contributed by atoms with Gasteiger partial charge in [0.2, 0.25) is 0 Å². The van der Waals surface area contributed by atoms with Gasteiger partial charge in [-0.05, 0) is 24.6 Å². The lowest BCUT2D eigenvalue weighted by Gasteiger charge is -2.07. The maximum Gasteiger partial charge on any atom is 0.128 e. The molecule has 104 valence electrons. The highest BCUT2D eigenvalue weighted by atomic mass is 16.5. The van der Waals surface area contributed by atoms with E-state index in [1.54, 1.807) is 14.2 Å². The molecule has 0 spiro atoms. The summed E-state index contributed by atoms with van der Waals surface area (Å²) in [6.45, 7) is 3.02. The van der Waals surface area contributed by atoms with Crippen molar-refractivity contribution in [2.45, 2.75) is 13.0 Å². The molecule has 2 rings (SSSR count). The van der Waals surface area contributed by atoms with Crippen molar-refractivity contribution in [3.05, 3.63) is 30.5 Å². The van der Waals surface area contributed by atoms with E-state index in [0.717, 1.165) is 30.7 Å². The SMILES string of the molecule is COCCOCCCn1ccc2c(OC)cccc21. The quantitative estimate of drug-likeness (QED) is 0.686. The highest BCUT2D eigenvalue weighted by Gasteiger charge is 2.05. The summed E-state index contributed by atoms with van der Waals surface area (Å²) in [4.78, 5) is 0. The molecular weight excluding hydrogens is 242 g/mol. The van der Waals surface area contributed by atoms with Gasteiger partial charge in [0.25, 0.3) is 0 Å². The smallest absolute Gasteiger partial charge is 0.128 e. The van der Waals surface area contributed by atoms with Crippen molar-refractivity contribution in [3.63, 3.8) is 0 Å². The average Bonchev–Trinajstić information content (AvgIpc) is 2.86. The highest BCUT2D eigenvalue weighted by Crippen LogP contribution is 2.26. The Balaban J connectivity index is 1.91. The molecule has 0 atom stereocenters. The second kappa shape index (κ2) is 7.16. The molecular formula is C15H21NO3. The number of fused-ring (bicyclic) bond motifs is 1. The molecule has 4 heteroatoms. The number of rotatable bonds is 8. The molecule has 0 aliphatic carbocycles. The summed E-state index contributed by atoms with van der Waals surface area (Å²) in [5.74, 6) is 0.924. The first kappa shape index (κ1) is 13.9. The van der Waals surface area contributed by atoms with Gasteiger partial charge in [-0.25, -0.2) is 0 Å². The Bertz CT molecular complexity index is 507. The first-order valence-corrected chi connectivity index (χ1v) is 6.55. The molecule has 0 saturated carbocycles. The molecule has 0 fully saturated rings. The normalized spacial score (nSPS) is 11.1. The summed E-state index contributed by atoms with van der Waals surface area (Å²) in [6, 6.07) is 8.22. The number of hydrogen-bond acceptors (Lipinski definition) is 3. The van der Waals surface area contributed by atoms with Crippen molar-refractivity contribution < 1.29 is 14.2 Å². The fraction of sp³-hybridized carbons (Fsp3) is 0.467. The summed E-state index contributed by atoms with van der Waals surface area (Å²) >= 11 is 0. The van der Waals surface area contributed by atoms with E-state index in [2.05, 4.69) is 22.9 Å². The summed E-state index contributed by atoms with van der Waals surface area (Å²) in [6.07, 6.45) is 3.09. The molecule has 0 saturated heterocycles. The van der Waals surface area contributed by atoms with Crippen LogP contribution in [0.15, 0.2) is 30.5 Å². The topological polar surface area (TPSA) is 32.6 Å². The predicted octanol–water partition coefficient (Wildman–Crippen LogP) is 2.70. The highest BCUT2D eigenvalue weighted by molar-refractivity contribution is 5.86. The zero-order valence-corrected chi connectivity index (χ0v) is 11.6. The Morgan fingerprint density at radius 2 is 1.95 bits per heavy atom. The van der Waals surface area contributed by atoms with E-state index >= 15 is 0 Å². The van der Waals surface area contributed by atoms with Gasteiger partial charge in [0.1, 0.15) is 5.75 Å². The number of methoxy groups -OCH3 is 2. The zero-order chi connectivity index (χ0) is 13.5. The number of nitrogens with zero attached hydrogens (tertiary/aromatic N) is 1. The predicted molar refractivity (Wildman–Crippen MR) is 75.8 cm³/mol.